The molecule has 0 saturated carbocycles. The van der Waals surface area contributed by atoms with Gasteiger partial charge in [0.1, 0.15) is 5.75 Å². The Morgan fingerprint density at radius 1 is 1.16 bits per heavy atom. The van der Waals surface area contributed by atoms with E-state index >= 15 is 0 Å². The van der Waals surface area contributed by atoms with Crippen molar-refractivity contribution in [2.45, 2.75) is 19.8 Å². The molecule has 0 unspecified atom stereocenters. The molecule has 1 aromatic heterocycles. The smallest absolute Gasteiger partial charge is 0.339 e. The van der Waals surface area contributed by atoms with Crippen molar-refractivity contribution in [2.75, 3.05) is 19.0 Å². The molecule has 1 heterocycles. The first-order valence-electron chi connectivity index (χ1n) is 9.49. The third kappa shape index (κ3) is 4.95. The molecule has 3 aromatic rings. The minimum atomic E-state index is -0.647. The number of nitro groups is 1. The summed E-state index contributed by atoms with van der Waals surface area (Å²) < 4.78 is 10.3. The average Bonchev–Trinajstić information content (AvgIpc) is 2.76. The highest BCUT2D eigenvalue weighted by Gasteiger charge is 2.18. The number of benzene rings is 2. The van der Waals surface area contributed by atoms with Crippen LogP contribution >= 0.6 is 0 Å². The van der Waals surface area contributed by atoms with Crippen LogP contribution in [0.4, 0.5) is 11.4 Å². The standard InChI is InChI=1S/C22H21N3O6/c1-13(2)19-11-16(15-6-4-5-7-17(15)23-19)22(27)31-12-21(26)24-18-9-8-14(25(28)29)10-20(18)30-3/h4-11,13H,12H2,1-3H3,(H,24,26). The van der Waals surface area contributed by atoms with Gasteiger partial charge in [0, 0.05) is 17.1 Å². The van der Waals surface area contributed by atoms with Crippen molar-refractivity contribution in [3.8, 4) is 5.75 Å². The number of non-ortho nitro benzene ring substituents is 1. The molecule has 0 radical (unpaired) electrons. The minimum absolute atomic E-state index is 0.106. The van der Waals surface area contributed by atoms with Crippen LogP contribution in [0.2, 0.25) is 0 Å². The van der Waals surface area contributed by atoms with E-state index in [0.29, 0.717) is 16.5 Å². The summed E-state index contributed by atoms with van der Waals surface area (Å²) in [4.78, 5) is 39.9. The normalized spacial score (nSPS) is 10.7. The molecule has 2 aromatic carbocycles. The third-order valence-corrected chi connectivity index (χ3v) is 4.55. The van der Waals surface area contributed by atoms with Crippen molar-refractivity contribution in [1.29, 1.82) is 0 Å². The Morgan fingerprint density at radius 2 is 1.90 bits per heavy atom. The number of para-hydroxylation sites is 1. The van der Waals surface area contributed by atoms with Crippen LogP contribution in [-0.2, 0) is 9.53 Å². The van der Waals surface area contributed by atoms with E-state index in [1.54, 1.807) is 18.2 Å². The molecule has 0 fully saturated rings. The molecule has 1 amide bonds. The number of nitro benzene ring substituents is 1. The van der Waals surface area contributed by atoms with Gasteiger partial charge in [-0.2, -0.15) is 0 Å². The summed E-state index contributed by atoms with van der Waals surface area (Å²) in [5, 5.41) is 14.0. The molecule has 31 heavy (non-hydrogen) atoms. The SMILES string of the molecule is COc1cc([N+](=O)[O-])ccc1NC(=O)COC(=O)c1cc(C(C)C)nc2ccccc12. The van der Waals surface area contributed by atoms with Crippen molar-refractivity contribution < 1.29 is 24.0 Å². The van der Waals surface area contributed by atoms with Gasteiger partial charge in [0.05, 0.1) is 34.9 Å². The Bertz CT molecular complexity index is 1160. The summed E-state index contributed by atoms with van der Waals surface area (Å²) in [6.45, 7) is 3.40. The van der Waals surface area contributed by atoms with E-state index in [2.05, 4.69) is 10.3 Å². The largest absolute Gasteiger partial charge is 0.494 e. The second-order valence-corrected chi connectivity index (χ2v) is 7.03. The van der Waals surface area contributed by atoms with Crippen LogP contribution in [-0.4, -0.2) is 35.5 Å². The van der Waals surface area contributed by atoms with Crippen LogP contribution in [0.25, 0.3) is 10.9 Å². The first-order valence-corrected chi connectivity index (χ1v) is 9.49. The van der Waals surface area contributed by atoms with E-state index in [4.69, 9.17) is 9.47 Å². The topological polar surface area (TPSA) is 121 Å². The fourth-order valence-corrected chi connectivity index (χ4v) is 2.95. The lowest BCUT2D eigenvalue weighted by Gasteiger charge is -2.12. The number of rotatable bonds is 7. The summed E-state index contributed by atoms with van der Waals surface area (Å²) in [6.07, 6.45) is 0. The number of hydrogen-bond donors (Lipinski definition) is 1. The molecule has 9 heteroatoms. The van der Waals surface area contributed by atoms with Crippen molar-refractivity contribution in [2.24, 2.45) is 0 Å². The van der Waals surface area contributed by atoms with Crippen molar-refractivity contribution in [1.82, 2.24) is 4.98 Å². The van der Waals surface area contributed by atoms with E-state index in [9.17, 15) is 19.7 Å². The van der Waals surface area contributed by atoms with Gasteiger partial charge in [-0.3, -0.25) is 19.9 Å². The summed E-state index contributed by atoms with van der Waals surface area (Å²) in [6, 6.07) is 12.7. The lowest BCUT2D eigenvalue weighted by atomic mass is 10.0. The maximum Gasteiger partial charge on any atom is 0.339 e. The van der Waals surface area contributed by atoms with E-state index in [1.165, 1.54) is 25.3 Å². The lowest BCUT2D eigenvalue weighted by Crippen LogP contribution is -2.21. The number of ether oxygens (including phenoxy) is 2. The molecule has 0 atom stereocenters. The molecule has 1 N–H and O–H groups in total. The summed E-state index contributed by atoms with van der Waals surface area (Å²) in [5.74, 6) is -1.03. The fourth-order valence-electron chi connectivity index (χ4n) is 2.95. The second kappa shape index (κ2) is 9.21. The molecule has 0 aliphatic carbocycles. The predicted molar refractivity (Wildman–Crippen MR) is 114 cm³/mol. The van der Waals surface area contributed by atoms with Gasteiger partial charge in [-0.25, -0.2) is 4.79 Å². The van der Waals surface area contributed by atoms with E-state index in [-0.39, 0.29) is 23.0 Å². The highest BCUT2D eigenvalue weighted by atomic mass is 16.6. The number of carbonyl (C=O) groups is 2. The second-order valence-electron chi connectivity index (χ2n) is 7.03. The quantitative estimate of drug-likeness (QED) is 0.345. The maximum absolute atomic E-state index is 12.7. The van der Waals surface area contributed by atoms with Crippen LogP contribution < -0.4 is 10.1 Å². The Hall–Kier alpha value is -4.01. The Labute approximate surface area is 178 Å². The number of pyridine rings is 1. The van der Waals surface area contributed by atoms with Gasteiger partial charge in [0.2, 0.25) is 0 Å². The number of nitrogens with one attached hydrogen (secondary N) is 1. The zero-order valence-corrected chi connectivity index (χ0v) is 17.2. The highest BCUT2D eigenvalue weighted by molar-refractivity contribution is 6.04. The number of hydrogen-bond acceptors (Lipinski definition) is 7. The molecule has 9 nitrogen and oxygen atoms in total. The number of esters is 1. The maximum atomic E-state index is 12.7. The van der Waals surface area contributed by atoms with Crippen LogP contribution in [0.5, 0.6) is 5.75 Å². The Kier molecular flexibility index (Phi) is 6.44. The number of aromatic nitrogens is 1. The average molecular weight is 423 g/mol. The van der Waals surface area contributed by atoms with Crippen LogP contribution in [0.3, 0.4) is 0 Å². The first-order chi connectivity index (χ1) is 14.8. The molecule has 0 spiro atoms. The number of methoxy groups -OCH3 is 1. The summed E-state index contributed by atoms with van der Waals surface area (Å²) in [5.41, 5.74) is 1.79. The Morgan fingerprint density at radius 3 is 2.58 bits per heavy atom. The van der Waals surface area contributed by atoms with Gasteiger partial charge in [-0.05, 0) is 24.1 Å². The Balaban J connectivity index is 1.74. The number of amides is 1. The van der Waals surface area contributed by atoms with E-state index in [1.807, 2.05) is 26.0 Å². The monoisotopic (exact) mass is 423 g/mol. The molecule has 0 saturated heterocycles. The van der Waals surface area contributed by atoms with Gasteiger partial charge < -0.3 is 14.8 Å². The third-order valence-electron chi connectivity index (χ3n) is 4.55. The van der Waals surface area contributed by atoms with E-state index in [0.717, 1.165) is 5.69 Å². The lowest BCUT2D eigenvalue weighted by molar-refractivity contribution is -0.384. The molecule has 3 rings (SSSR count). The molecule has 0 bridgehead atoms. The zero-order chi connectivity index (χ0) is 22.5. The van der Waals surface area contributed by atoms with Gasteiger partial charge in [0.25, 0.3) is 11.6 Å². The summed E-state index contributed by atoms with van der Waals surface area (Å²) in [7, 11) is 1.33. The van der Waals surface area contributed by atoms with Crippen molar-refractivity contribution in [3.05, 3.63) is 69.9 Å². The highest BCUT2D eigenvalue weighted by Crippen LogP contribution is 2.29. The van der Waals surface area contributed by atoms with E-state index < -0.39 is 23.4 Å². The van der Waals surface area contributed by atoms with Gasteiger partial charge in [-0.1, -0.05) is 32.0 Å². The number of nitrogens with zero attached hydrogens (tertiary/aromatic N) is 2. The molecule has 160 valence electrons. The predicted octanol–water partition coefficient (Wildman–Crippen LogP) is 4.07. The molecular weight excluding hydrogens is 402 g/mol. The molecule has 0 aliphatic heterocycles. The first kappa shape index (κ1) is 21.7. The van der Waals surface area contributed by atoms with Gasteiger partial charge in [-0.15, -0.1) is 0 Å². The van der Waals surface area contributed by atoms with Gasteiger partial charge >= 0.3 is 5.97 Å². The number of carbonyl (C=O) groups excluding carboxylic acids is 2. The molecular formula is C22H21N3O6. The van der Waals surface area contributed by atoms with Crippen molar-refractivity contribution in [3.63, 3.8) is 0 Å². The van der Waals surface area contributed by atoms with Crippen LogP contribution in [0.1, 0.15) is 35.8 Å². The van der Waals surface area contributed by atoms with Crippen LogP contribution in [0, 0.1) is 10.1 Å². The minimum Gasteiger partial charge on any atom is -0.494 e. The zero-order valence-electron chi connectivity index (χ0n) is 17.2. The van der Waals surface area contributed by atoms with Gasteiger partial charge in [0.15, 0.2) is 6.61 Å². The number of anilines is 1. The summed E-state index contributed by atoms with van der Waals surface area (Å²) >= 11 is 0. The fraction of sp³-hybridized carbons (Fsp3) is 0.227. The van der Waals surface area contributed by atoms with Crippen molar-refractivity contribution >= 4 is 34.2 Å². The van der Waals surface area contributed by atoms with Crippen LogP contribution in [0.15, 0.2) is 48.5 Å². The number of fused-ring (bicyclic) bond motifs is 1. The molecule has 0 aliphatic rings.